The lowest BCUT2D eigenvalue weighted by molar-refractivity contribution is 0.413. The summed E-state index contributed by atoms with van der Waals surface area (Å²) in [5.41, 5.74) is 9.51. The normalized spacial score (nSPS) is 12.2. The molecule has 1 unspecified atom stereocenters. The summed E-state index contributed by atoms with van der Waals surface area (Å²) in [7, 11) is 1.70. The fraction of sp³-hybridized carbons (Fsp3) is 0.500. The van der Waals surface area contributed by atoms with Crippen molar-refractivity contribution in [3.05, 3.63) is 28.8 Å². The highest BCUT2D eigenvalue weighted by atomic mass is 32.1. The Morgan fingerprint density at radius 1 is 1.35 bits per heavy atom. The van der Waals surface area contributed by atoms with Gasteiger partial charge in [-0.25, -0.2) is 0 Å². The summed E-state index contributed by atoms with van der Waals surface area (Å²) in [6.07, 6.45) is 1.82. The zero-order valence-electron chi connectivity index (χ0n) is 11.0. The molecular weight excluding hydrogens is 230 g/mol. The minimum absolute atomic E-state index is 0.485. The van der Waals surface area contributed by atoms with Gasteiger partial charge < -0.3 is 10.5 Å². The number of ether oxygens (including phenoxy) is 1. The number of methoxy groups -OCH3 is 1. The molecule has 1 aromatic rings. The summed E-state index contributed by atoms with van der Waals surface area (Å²) in [5, 5.41) is 0. The number of benzene rings is 1. The molecule has 1 atom stereocenters. The van der Waals surface area contributed by atoms with E-state index in [2.05, 4.69) is 32.9 Å². The van der Waals surface area contributed by atoms with Crippen LogP contribution in [0.25, 0.3) is 0 Å². The molecule has 0 aliphatic carbocycles. The molecule has 0 aromatic heterocycles. The van der Waals surface area contributed by atoms with E-state index >= 15 is 0 Å². The highest BCUT2D eigenvalue weighted by Gasteiger charge is 2.10. The highest BCUT2D eigenvalue weighted by molar-refractivity contribution is 7.80. The van der Waals surface area contributed by atoms with Crippen LogP contribution in [0.5, 0.6) is 5.75 Å². The number of rotatable bonds is 5. The van der Waals surface area contributed by atoms with Gasteiger partial charge in [0.2, 0.25) is 0 Å². The molecular formula is C14H21NOS. The number of hydrogen-bond donors (Lipinski definition) is 1. The Labute approximate surface area is 109 Å². The topological polar surface area (TPSA) is 35.2 Å². The van der Waals surface area contributed by atoms with E-state index in [0.29, 0.717) is 10.9 Å². The molecule has 0 aliphatic heterocycles. The summed E-state index contributed by atoms with van der Waals surface area (Å²) in [6, 6.07) is 4.16. The first kappa shape index (κ1) is 14.0. The summed E-state index contributed by atoms with van der Waals surface area (Å²) < 4.78 is 5.26. The third kappa shape index (κ3) is 4.00. The van der Waals surface area contributed by atoms with Crippen molar-refractivity contribution >= 4 is 17.2 Å². The van der Waals surface area contributed by atoms with Gasteiger partial charge in [-0.1, -0.05) is 19.1 Å². The first-order valence-corrected chi connectivity index (χ1v) is 6.27. The van der Waals surface area contributed by atoms with Crippen LogP contribution in [0.3, 0.4) is 0 Å². The van der Waals surface area contributed by atoms with Crippen molar-refractivity contribution in [2.45, 2.75) is 33.6 Å². The van der Waals surface area contributed by atoms with Crippen LogP contribution < -0.4 is 10.5 Å². The first-order chi connectivity index (χ1) is 7.93. The van der Waals surface area contributed by atoms with Crippen LogP contribution in [0.15, 0.2) is 12.1 Å². The summed E-state index contributed by atoms with van der Waals surface area (Å²) in [4.78, 5) is 0.598. The molecule has 0 spiro atoms. The van der Waals surface area contributed by atoms with E-state index in [0.717, 1.165) is 18.6 Å². The molecule has 2 N–H and O–H groups in total. The van der Waals surface area contributed by atoms with Crippen LogP contribution >= 0.6 is 12.2 Å². The molecule has 0 aliphatic rings. The molecule has 0 amide bonds. The van der Waals surface area contributed by atoms with Crippen molar-refractivity contribution in [2.75, 3.05) is 7.11 Å². The van der Waals surface area contributed by atoms with E-state index in [-0.39, 0.29) is 0 Å². The lowest BCUT2D eigenvalue weighted by Crippen LogP contribution is -2.14. The van der Waals surface area contributed by atoms with Crippen LogP contribution in [0.1, 0.15) is 30.0 Å². The molecule has 0 radical (unpaired) electrons. The van der Waals surface area contributed by atoms with Crippen LogP contribution in [-0.4, -0.2) is 12.1 Å². The number of thiocarbonyl (C=S) groups is 1. The van der Waals surface area contributed by atoms with Crippen molar-refractivity contribution in [3.8, 4) is 5.75 Å². The molecule has 0 fully saturated rings. The Morgan fingerprint density at radius 3 is 2.29 bits per heavy atom. The Kier molecular flexibility index (Phi) is 4.94. The van der Waals surface area contributed by atoms with Gasteiger partial charge in [0.1, 0.15) is 5.75 Å². The minimum atomic E-state index is 0.485. The fourth-order valence-electron chi connectivity index (χ4n) is 2.16. The van der Waals surface area contributed by atoms with Crippen molar-refractivity contribution in [3.63, 3.8) is 0 Å². The van der Waals surface area contributed by atoms with Gasteiger partial charge in [-0.3, -0.25) is 0 Å². The SMILES string of the molecule is COc1cc(C)c(CC(C)CC(N)=S)c(C)c1. The van der Waals surface area contributed by atoms with E-state index in [1.54, 1.807) is 7.11 Å². The zero-order valence-corrected chi connectivity index (χ0v) is 11.9. The second-order valence-corrected chi connectivity index (χ2v) is 5.24. The second kappa shape index (κ2) is 6.01. The van der Waals surface area contributed by atoms with Gasteiger partial charge >= 0.3 is 0 Å². The Morgan fingerprint density at radius 2 is 1.88 bits per heavy atom. The molecule has 2 nitrogen and oxygen atoms in total. The third-order valence-corrected chi connectivity index (χ3v) is 3.17. The van der Waals surface area contributed by atoms with E-state index in [1.165, 1.54) is 16.7 Å². The van der Waals surface area contributed by atoms with Gasteiger partial charge in [-0.15, -0.1) is 0 Å². The quantitative estimate of drug-likeness (QED) is 0.816. The molecule has 94 valence electrons. The van der Waals surface area contributed by atoms with Crippen LogP contribution in [0, 0.1) is 19.8 Å². The summed E-state index contributed by atoms with van der Waals surface area (Å²) in [6.45, 7) is 6.43. The zero-order chi connectivity index (χ0) is 13.0. The summed E-state index contributed by atoms with van der Waals surface area (Å²) in [5.74, 6) is 1.41. The third-order valence-electron chi connectivity index (χ3n) is 3.01. The van der Waals surface area contributed by atoms with E-state index in [1.807, 2.05) is 0 Å². The molecule has 17 heavy (non-hydrogen) atoms. The van der Waals surface area contributed by atoms with E-state index in [9.17, 15) is 0 Å². The predicted octanol–water partition coefficient (Wildman–Crippen LogP) is 3.17. The van der Waals surface area contributed by atoms with Gasteiger partial charge in [-0.05, 0) is 55.0 Å². The molecule has 0 heterocycles. The highest BCUT2D eigenvalue weighted by Crippen LogP contribution is 2.24. The smallest absolute Gasteiger partial charge is 0.119 e. The first-order valence-electron chi connectivity index (χ1n) is 5.86. The van der Waals surface area contributed by atoms with Gasteiger partial charge in [0.15, 0.2) is 0 Å². The maximum atomic E-state index is 5.58. The standard InChI is InChI=1S/C14H21NOS/c1-9(6-14(15)17)5-13-10(2)7-12(16-4)8-11(13)3/h7-9H,5-6H2,1-4H3,(H2,15,17). The van der Waals surface area contributed by atoms with Crippen molar-refractivity contribution in [1.29, 1.82) is 0 Å². The molecule has 1 rings (SSSR count). The van der Waals surface area contributed by atoms with Gasteiger partial charge in [0, 0.05) is 6.42 Å². The van der Waals surface area contributed by atoms with Crippen molar-refractivity contribution in [1.82, 2.24) is 0 Å². The van der Waals surface area contributed by atoms with Gasteiger partial charge in [0.05, 0.1) is 12.1 Å². The molecule has 0 saturated carbocycles. The van der Waals surface area contributed by atoms with Gasteiger partial charge in [0.25, 0.3) is 0 Å². The Balaban J connectivity index is 2.87. The van der Waals surface area contributed by atoms with Crippen molar-refractivity contribution < 1.29 is 4.74 Å². The molecule has 0 bridgehead atoms. The lowest BCUT2D eigenvalue weighted by Gasteiger charge is -2.16. The minimum Gasteiger partial charge on any atom is -0.497 e. The fourth-order valence-corrected chi connectivity index (χ4v) is 2.44. The maximum absolute atomic E-state index is 5.58. The van der Waals surface area contributed by atoms with Crippen molar-refractivity contribution in [2.24, 2.45) is 11.7 Å². The Hall–Kier alpha value is -1.09. The molecule has 1 aromatic carbocycles. The monoisotopic (exact) mass is 251 g/mol. The van der Waals surface area contributed by atoms with Gasteiger partial charge in [-0.2, -0.15) is 0 Å². The second-order valence-electron chi connectivity index (χ2n) is 4.72. The predicted molar refractivity (Wildman–Crippen MR) is 76.7 cm³/mol. The van der Waals surface area contributed by atoms with Crippen LogP contribution in [0.4, 0.5) is 0 Å². The Bertz CT molecular complexity index is 392. The number of nitrogens with two attached hydrogens (primary N) is 1. The van der Waals surface area contributed by atoms with Crippen LogP contribution in [0.2, 0.25) is 0 Å². The number of aryl methyl sites for hydroxylation is 2. The summed E-state index contributed by atoms with van der Waals surface area (Å²) >= 11 is 4.95. The van der Waals surface area contributed by atoms with E-state index < -0.39 is 0 Å². The molecule has 3 heteroatoms. The average molecular weight is 251 g/mol. The van der Waals surface area contributed by atoms with Crippen LogP contribution in [-0.2, 0) is 6.42 Å². The maximum Gasteiger partial charge on any atom is 0.119 e. The lowest BCUT2D eigenvalue weighted by atomic mass is 9.92. The van der Waals surface area contributed by atoms with E-state index in [4.69, 9.17) is 22.7 Å². The number of hydrogen-bond acceptors (Lipinski definition) is 2. The molecule has 0 saturated heterocycles. The largest absolute Gasteiger partial charge is 0.497 e. The average Bonchev–Trinajstić information content (AvgIpc) is 2.22.